The van der Waals surface area contributed by atoms with Crippen LogP contribution in [0.25, 0.3) is 0 Å². The highest BCUT2D eigenvalue weighted by atomic mass is 16.3. The molecule has 0 aromatic rings. The Bertz CT molecular complexity index is 238. The molecule has 3 N–H and O–H groups in total. The molecule has 0 rings (SSSR count). The fourth-order valence-corrected chi connectivity index (χ4v) is 2.77. The molecule has 21 heavy (non-hydrogen) atoms. The number of aliphatic hydroxyl groups excluding tert-OH is 3. The number of unbranched alkanes of at least 4 members (excludes halogenated alkanes) is 5. The van der Waals surface area contributed by atoms with Gasteiger partial charge in [0.2, 0.25) is 0 Å². The van der Waals surface area contributed by atoms with Crippen LogP contribution in [0.1, 0.15) is 59.3 Å². The van der Waals surface area contributed by atoms with Crippen molar-refractivity contribution in [2.45, 2.75) is 71.5 Å². The molecule has 0 radical (unpaired) electrons. The molecule has 0 aliphatic carbocycles. The highest BCUT2D eigenvalue weighted by Gasteiger charge is 2.27. The molecule has 0 spiro atoms. The molecule has 4 heteroatoms. The van der Waals surface area contributed by atoms with Crippen molar-refractivity contribution in [3.8, 4) is 0 Å². The predicted molar refractivity (Wildman–Crippen MR) is 88.3 cm³/mol. The maximum absolute atomic E-state index is 10.2. The van der Waals surface area contributed by atoms with Gasteiger partial charge in [-0.25, -0.2) is 0 Å². The van der Waals surface area contributed by atoms with E-state index in [4.69, 9.17) is 5.11 Å². The van der Waals surface area contributed by atoms with Crippen LogP contribution in [0.3, 0.4) is 0 Å². The molecule has 0 saturated heterocycles. The van der Waals surface area contributed by atoms with Crippen LogP contribution in [0.15, 0.2) is 0 Å². The lowest BCUT2D eigenvalue weighted by Gasteiger charge is -2.30. The molecular weight excluding hydrogens is 266 g/mol. The smallest absolute Gasteiger partial charge is 0.0821 e. The summed E-state index contributed by atoms with van der Waals surface area (Å²) < 4.78 is 0. The molecule has 0 aliphatic heterocycles. The van der Waals surface area contributed by atoms with Crippen LogP contribution in [0.4, 0.5) is 0 Å². The van der Waals surface area contributed by atoms with Crippen molar-refractivity contribution in [3.63, 3.8) is 0 Å². The summed E-state index contributed by atoms with van der Waals surface area (Å²) in [5, 5.41) is 28.8. The van der Waals surface area contributed by atoms with Crippen molar-refractivity contribution in [2.75, 3.05) is 26.7 Å². The van der Waals surface area contributed by atoms with Gasteiger partial charge in [0.25, 0.3) is 0 Å². The summed E-state index contributed by atoms with van der Waals surface area (Å²) in [6, 6.07) is 0. The van der Waals surface area contributed by atoms with E-state index in [1.807, 2.05) is 6.92 Å². The van der Waals surface area contributed by atoms with Gasteiger partial charge in [-0.3, -0.25) is 0 Å². The number of nitrogens with zero attached hydrogens (tertiary/aromatic N) is 1. The Labute approximate surface area is 131 Å². The second-order valence-electron chi connectivity index (χ2n) is 6.61. The lowest BCUT2D eigenvalue weighted by Crippen LogP contribution is -2.40. The largest absolute Gasteiger partial charge is 0.394 e. The second-order valence-corrected chi connectivity index (χ2v) is 6.61. The van der Waals surface area contributed by atoms with Crippen LogP contribution in [0, 0.1) is 11.8 Å². The summed E-state index contributed by atoms with van der Waals surface area (Å²) in [4.78, 5) is 2.26. The van der Waals surface area contributed by atoms with E-state index in [2.05, 4.69) is 18.9 Å². The van der Waals surface area contributed by atoms with Gasteiger partial charge in [-0.15, -0.1) is 0 Å². The van der Waals surface area contributed by atoms with Gasteiger partial charge in [-0.05, 0) is 25.9 Å². The van der Waals surface area contributed by atoms with E-state index >= 15 is 0 Å². The maximum atomic E-state index is 10.2. The van der Waals surface area contributed by atoms with Gasteiger partial charge < -0.3 is 20.2 Å². The lowest BCUT2D eigenvalue weighted by molar-refractivity contribution is -0.0330. The van der Waals surface area contributed by atoms with Gasteiger partial charge in [0.05, 0.1) is 18.8 Å². The highest BCUT2D eigenvalue weighted by molar-refractivity contribution is 4.77. The molecule has 0 amide bonds. The molecular formula is C17H37NO3. The third kappa shape index (κ3) is 9.46. The van der Waals surface area contributed by atoms with Crippen molar-refractivity contribution in [2.24, 2.45) is 11.8 Å². The normalized spacial score (nSPS) is 17.7. The zero-order valence-electron chi connectivity index (χ0n) is 14.5. The first kappa shape index (κ1) is 20.8. The van der Waals surface area contributed by atoms with Crippen LogP contribution in [0.5, 0.6) is 0 Å². The molecule has 0 fully saturated rings. The molecule has 0 aromatic carbocycles. The summed E-state index contributed by atoms with van der Waals surface area (Å²) in [6.07, 6.45) is 6.34. The van der Waals surface area contributed by atoms with Crippen LogP contribution in [-0.4, -0.2) is 59.2 Å². The summed E-state index contributed by atoms with van der Waals surface area (Å²) in [5.41, 5.74) is 0. The van der Waals surface area contributed by atoms with Crippen LogP contribution < -0.4 is 0 Å². The minimum Gasteiger partial charge on any atom is -0.394 e. The van der Waals surface area contributed by atoms with Gasteiger partial charge in [0, 0.05) is 12.5 Å². The zero-order chi connectivity index (χ0) is 16.3. The molecule has 0 aromatic heterocycles. The van der Waals surface area contributed by atoms with Gasteiger partial charge >= 0.3 is 0 Å². The fourth-order valence-electron chi connectivity index (χ4n) is 2.77. The van der Waals surface area contributed by atoms with Gasteiger partial charge in [0.15, 0.2) is 0 Å². The van der Waals surface area contributed by atoms with Crippen LogP contribution in [-0.2, 0) is 0 Å². The van der Waals surface area contributed by atoms with Crippen LogP contribution in [0.2, 0.25) is 0 Å². The Morgan fingerprint density at radius 1 is 0.952 bits per heavy atom. The summed E-state index contributed by atoms with van der Waals surface area (Å²) in [6.45, 7) is 7.60. The molecule has 0 bridgehead atoms. The minimum absolute atomic E-state index is 0.0892. The Morgan fingerprint density at radius 2 is 1.52 bits per heavy atom. The van der Waals surface area contributed by atoms with Crippen molar-refractivity contribution in [1.29, 1.82) is 0 Å². The van der Waals surface area contributed by atoms with E-state index in [1.54, 1.807) is 6.92 Å². The summed E-state index contributed by atoms with van der Waals surface area (Å²) in [5.74, 6) is -0.210. The monoisotopic (exact) mass is 303 g/mol. The van der Waals surface area contributed by atoms with E-state index in [9.17, 15) is 10.2 Å². The average Bonchev–Trinajstić information content (AvgIpc) is 2.48. The van der Waals surface area contributed by atoms with E-state index in [0.29, 0.717) is 0 Å². The summed E-state index contributed by atoms with van der Waals surface area (Å²) in [7, 11) is 2.09. The molecule has 0 aliphatic rings. The third-order valence-corrected chi connectivity index (χ3v) is 4.41. The number of hydrogen-bond acceptors (Lipinski definition) is 4. The predicted octanol–water partition coefficient (Wildman–Crippen LogP) is 2.27. The first-order valence-electron chi connectivity index (χ1n) is 8.59. The summed E-state index contributed by atoms with van der Waals surface area (Å²) >= 11 is 0. The first-order chi connectivity index (χ1) is 9.93. The van der Waals surface area contributed by atoms with E-state index < -0.39 is 12.2 Å². The standard InChI is InChI=1S/C17H37NO3/c1-5-6-7-8-9-10-11-18(4)12-14(2)17(21)15(3)16(20)13-19/h14-17,19-21H,5-13H2,1-4H3/t14-,15+,16+,17+/m0/s1. The fraction of sp³-hybridized carbons (Fsp3) is 1.00. The Kier molecular flexibility index (Phi) is 12.3. The lowest BCUT2D eigenvalue weighted by atomic mass is 9.89. The van der Waals surface area contributed by atoms with E-state index in [0.717, 1.165) is 13.1 Å². The SMILES string of the molecule is CCCCCCCCN(C)C[C@H](C)[C@@H](O)[C@H](C)[C@H](O)CO. The van der Waals surface area contributed by atoms with Crippen molar-refractivity contribution in [1.82, 2.24) is 4.90 Å². The van der Waals surface area contributed by atoms with E-state index in [1.165, 1.54) is 38.5 Å². The Morgan fingerprint density at radius 3 is 2.10 bits per heavy atom. The average molecular weight is 303 g/mol. The number of rotatable bonds is 13. The van der Waals surface area contributed by atoms with E-state index in [-0.39, 0.29) is 18.4 Å². The Hall–Kier alpha value is -0.160. The van der Waals surface area contributed by atoms with Crippen LogP contribution >= 0.6 is 0 Å². The van der Waals surface area contributed by atoms with Crippen molar-refractivity contribution in [3.05, 3.63) is 0 Å². The highest BCUT2D eigenvalue weighted by Crippen LogP contribution is 2.17. The number of hydrogen-bond donors (Lipinski definition) is 3. The van der Waals surface area contributed by atoms with Crippen molar-refractivity contribution >= 4 is 0 Å². The molecule has 0 heterocycles. The number of aliphatic hydroxyl groups is 3. The molecule has 128 valence electrons. The van der Waals surface area contributed by atoms with Gasteiger partial charge in [0.1, 0.15) is 0 Å². The molecule has 4 nitrogen and oxygen atoms in total. The maximum Gasteiger partial charge on any atom is 0.0821 e. The third-order valence-electron chi connectivity index (χ3n) is 4.41. The Balaban J connectivity index is 3.84. The zero-order valence-corrected chi connectivity index (χ0v) is 14.5. The molecule has 0 saturated carbocycles. The minimum atomic E-state index is -0.841. The molecule has 4 atom stereocenters. The quantitative estimate of drug-likeness (QED) is 0.457. The topological polar surface area (TPSA) is 63.9 Å². The molecule has 0 unspecified atom stereocenters. The van der Waals surface area contributed by atoms with Crippen molar-refractivity contribution < 1.29 is 15.3 Å². The second kappa shape index (κ2) is 12.4. The van der Waals surface area contributed by atoms with Gasteiger partial charge in [-0.1, -0.05) is 52.9 Å². The first-order valence-corrected chi connectivity index (χ1v) is 8.59. The van der Waals surface area contributed by atoms with Gasteiger partial charge in [-0.2, -0.15) is 0 Å².